The molecule has 0 bridgehead atoms. The topological polar surface area (TPSA) is 76.2 Å². The SMILES string of the molecule is COc1ccc(CC(=O)N2CCCC2C2CCCCC2)cc1S(=O)(=O)N1CCOCC1. The third-order valence-corrected chi connectivity index (χ3v) is 8.90. The zero-order valence-electron chi connectivity index (χ0n) is 18.4. The molecule has 1 atom stereocenters. The standard InChI is InChI=1S/C23H34N2O5S/c1-29-21-10-9-18(16-22(21)31(27,28)24-12-14-30-15-13-24)17-23(26)25-11-5-8-20(25)19-6-3-2-4-7-19/h9-10,16,19-20H,2-8,11-15,17H2,1H3. The van der Waals surface area contributed by atoms with Gasteiger partial charge in [0.15, 0.2) is 0 Å². The number of nitrogens with zero attached hydrogens (tertiary/aromatic N) is 2. The Bertz CT molecular complexity index is 876. The molecule has 2 saturated heterocycles. The van der Waals surface area contributed by atoms with E-state index in [9.17, 15) is 13.2 Å². The van der Waals surface area contributed by atoms with Gasteiger partial charge in [0.2, 0.25) is 15.9 Å². The fourth-order valence-corrected chi connectivity index (χ4v) is 6.96. The number of benzene rings is 1. The average Bonchev–Trinajstić information content (AvgIpc) is 3.30. The van der Waals surface area contributed by atoms with Gasteiger partial charge in [-0.05, 0) is 49.3 Å². The Morgan fingerprint density at radius 1 is 1.06 bits per heavy atom. The maximum absolute atomic E-state index is 13.2. The van der Waals surface area contributed by atoms with E-state index in [0.717, 1.165) is 19.4 Å². The van der Waals surface area contributed by atoms with Gasteiger partial charge in [0.05, 0.1) is 26.7 Å². The smallest absolute Gasteiger partial charge is 0.246 e. The third kappa shape index (κ3) is 4.91. The number of methoxy groups -OCH3 is 1. The Balaban J connectivity index is 1.52. The van der Waals surface area contributed by atoms with Crippen LogP contribution in [0.3, 0.4) is 0 Å². The van der Waals surface area contributed by atoms with Crippen molar-refractivity contribution in [3.05, 3.63) is 23.8 Å². The first-order valence-electron chi connectivity index (χ1n) is 11.5. The lowest BCUT2D eigenvalue weighted by Crippen LogP contribution is -2.41. The second-order valence-electron chi connectivity index (χ2n) is 8.87. The van der Waals surface area contributed by atoms with Gasteiger partial charge in [-0.15, -0.1) is 0 Å². The first-order chi connectivity index (χ1) is 15.0. The van der Waals surface area contributed by atoms with Crippen molar-refractivity contribution < 1.29 is 22.7 Å². The Morgan fingerprint density at radius 3 is 2.52 bits per heavy atom. The van der Waals surface area contributed by atoms with Crippen molar-refractivity contribution in [3.63, 3.8) is 0 Å². The van der Waals surface area contributed by atoms with Crippen molar-refractivity contribution in [2.75, 3.05) is 40.0 Å². The first kappa shape index (κ1) is 22.6. The van der Waals surface area contributed by atoms with Crippen LogP contribution in [0.5, 0.6) is 5.75 Å². The van der Waals surface area contributed by atoms with Crippen LogP contribution in [0.1, 0.15) is 50.5 Å². The monoisotopic (exact) mass is 450 g/mol. The predicted octanol–water partition coefficient (Wildman–Crippen LogP) is 2.83. The summed E-state index contributed by atoms with van der Waals surface area (Å²) in [4.78, 5) is 15.4. The molecule has 3 fully saturated rings. The Kier molecular flexibility index (Phi) is 7.19. The molecule has 1 aliphatic carbocycles. The van der Waals surface area contributed by atoms with Crippen molar-refractivity contribution in [1.82, 2.24) is 9.21 Å². The van der Waals surface area contributed by atoms with Gasteiger partial charge in [0.1, 0.15) is 10.6 Å². The lowest BCUT2D eigenvalue weighted by molar-refractivity contribution is -0.132. The van der Waals surface area contributed by atoms with E-state index < -0.39 is 10.0 Å². The van der Waals surface area contributed by atoms with Gasteiger partial charge < -0.3 is 14.4 Å². The van der Waals surface area contributed by atoms with Crippen molar-refractivity contribution >= 4 is 15.9 Å². The zero-order chi connectivity index (χ0) is 21.8. The van der Waals surface area contributed by atoms with Crippen LogP contribution in [0.4, 0.5) is 0 Å². The Labute approximate surface area is 185 Å². The minimum absolute atomic E-state index is 0.105. The lowest BCUT2D eigenvalue weighted by atomic mass is 9.83. The highest BCUT2D eigenvalue weighted by atomic mass is 32.2. The van der Waals surface area contributed by atoms with Crippen molar-refractivity contribution in [2.45, 2.75) is 62.3 Å². The fourth-order valence-electron chi connectivity index (χ4n) is 5.35. The first-order valence-corrected chi connectivity index (χ1v) is 13.0. The van der Waals surface area contributed by atoms with E-state index in [1.54, 1.807) is 18.2 Å². The molecule has 1 saturated carbocycles. The molecule has 0 radical (unpaired) electrons. The number of rotatable bonds is 6. The Hall–Kier alpha value is -1.64. The minimum Gasteiger partial charge on any atom is -0.495 e. The van der Waals surface area contributed by atoms with Crippen LogP contribution in [0.2, 0.25) is 0 Å². The zero-order valence-corrected chi connectivity index (χ0v) is 19.2. The number of ether oxygens (including phenoxy) is 2. The molecule has 0 N–H and O–H groups in total. The fraction of sp³-hybridized carbons (Fsp3) is 0.696. The van der Waals surface area contributed by atoms with E-state index in [4.69, 9.17) is 9.47 Å². The number of likely N-dealkylation sites (tertiary alicyclic amines) is 1. The summed E-state index contributed by atoms with van der Waals surface area (Å²) in [5.74, 6) is 1.03. The van der Waals surface area contributed by atoms with Gasteiger partial charge in [-0.1, -0.05) is 25.3 Å². The molecule has 4 rings (SSSR count). The van der Waals surface area contributed by atoms with Crippen LogP contribution in [0, 0.1) is 5.92 Å². The maximum Gasteiger partial charge on any atom is 0.246 e. The van der Waals surface area contributed by atoms with E-state index in [-0.39, 0.29) is 17.2 Å². The van der Waals surface area contributed by atoms with E-state index in [1.807, 2.05) is 0 Å². The molecule has 8 heteroatoms. The summed E-state index contributed by atoms with van der Waals surface area (Å²) in [6, 6.07) is 5.44. The third-order valence-electron chi connectivity index (χ3n) is 6.98. The normalized spacial score (nSPS) is 23.8. The number of carbonyl (C=O) groups is 1. The van der Waals surface area contributed by atoms with Gasteiger partial charge in [0, 0.05) is 25.7 Å². The van der Waals surface area contributed by atoms with Crippen LogP contribution >= 0.6 is 0 Å². The second kappa shape index (κ2) is 9.88. The summed E-state index contributed by atoms with van der Waals surface area (Å²) >= 11 is 0. The molecule has 0 aromatic heterocycles. The summed E-state index contributed by atoms with van der Waals surface area (Å²) in [6.07, 6.45) is 8.66. The van der Waals surface area contributed by atoms with Gasteiger partial charge in [-0.3, -0.25) is 4.79 Å². The van der Waals surface area contributed by atoms with Crippen molar-refractivity contribution in [3.8, 4) is 5.75 Å². The van der Waals surface area contributed by atoms with Crippen LogP contribution in [-0.2, 0) is 26.0 Å². The van der Waals surface area contributed by atoms with Crippen molar-refractivity contribution in [1.29, 1.82) is 0 Å². The van der Waals surface area contributed by atoms with Crippen molar-refractivity contribution in [2.24, 2.45) is 5.92 Å². The molecule has 1 amide bonds. The van der Waals surface area contributed by atoms with Crippen LogP contribution in [-0.4, -0.2) is 69.5 Å². The van der Waals surface area contributed by atoms with Gasteiger partial charge >= 0.3 is 0 Å². The highest BCUT2D eigenvalue weighted by Crippen LogP contribution is 2.35. The minimum atomic E-state index is -3.71. The number of hydrogen-bond acceptors (Lipinski definition) is 5. The maximum atomic E-state index is 13.2. The van der Waals surface area contributed by atoms with Crippen LogP contribution < -0.4 is 4.74 Å². The summed E-state index contributed by atoms with van der Waals surface area (Å²) in [5, 5.41) is 0. The summed E-state index contributed by atoms with van der Waals surface area (Å²) in [5.41, 5.74) is 0.715. The molecule has 0 spiro atoms. The summed E-state index contributed by atoms with van der Waals surface area (Å²) in [6.45, 7) is 2.24. The number of morpholine rings is 1. The van der Waals surface area contributed by atoms with E-state index in [2.05, 4.69) is 4.90 Å². The van der Waals surface area contributed by atoms with Gasteiger partial charge in [-0.2, -0.15) is 4.31 Å². The molecule has 1 unspecified atom stereocenters. The molecular weight excluding hydrogens is 416 g/mol. The summed E-state index contributed by atoms with van der Waals surface area (Å²) < 4.78 is 38.5. The van der Waals surface area contributed by atoms with Gasteiger partial charge in [0.25, 0.3) is 0 Å². The van der Waals surface area contributed by atoms with E-state index in [0.29, 0.717) is 49.6 Å². The highest BCUT2D eigenvalue weighted by Gasteiger charge is 2.35. The molecule has 1 aromatic carbocycles. The number of carbonyl (C=O) groups excluding carboxylic acids is 1. The molecule has 7 nitrogen and oxygen atoms in total. The van der Waals surface area contributed by atoms with Gasteiger partial charge in [-0.25, -0.2) is 8.42 Å². The molecule has 172 valence electrons. The van der Waals surface area contributed by atoms with Crippen LogP contribution in [0.25, 0.3) is 0 Å². The second-order valence-corrected chi connectivity index (χ2v) is 10.8. The van der Waals surface area contributed by atoms with Crippen LogP contribution in [0.15, 0.2) is 23.1 Å². The lowest BCUT2D eigenvalue weighted by Gasteiger charge is -2.34. The number of hydrogen-bond donors (Lipinski definition) is 0. The summed E-state index contributed by atoms with van der Waals surface area (Å²) in [7, 11) is -2.24. The number of amides is 1. The average molecular weight is 451 g/mol. The number of sulfonamides is 1. The quantitative estimate of drug-likeness (QED) is 0.666. The molecule has 1 aromatic rings. The molecule has 3 aliphatic rings. The van der Waals surface area contributed by atoms with E-state index in [1.165, 1.54) is 43.5 Å². The molecule has 2 aliphatic heterocycles. The van der Waals surface area contributed by atoms with E-state index >= 15 is 0 Å². The highest BCUT2D eigenvalue weighted by molar-refractivity contribution is 7.89. The molecular formula is C23H34N2O5S. The Morgan fingerprint density at radius 2 is 1.81 bits per heavy atom. The molecule has 31 heavy (non-hydrogen) atoms. The largest absolute Gasteiger partial charge is 0.495 e. The predicted molar refractivity (Wildman–Crippen MR) is 118 cm³/mol. The molecule has 2 heterocycles.